The Hall–Kier alpha value is -3.22. The Balaban J connectivity index is 1.62. The van der Waals surface area contributed by atoms with E-state index in [-0.39, 0.29) is 17.5 Å². The zero-order valence-corrected chi connectivity index (χ0v) is 13.7. The second-order valence-electron chi connectivity index (χ2n) is 6.54. The van der Waals surface area contributed by atoms with Gasteiger partial charge >= 0.3 is 0 Å². The van der Waals surface area contributed by atoms with Crippen LogP contribution < -0.4 is 5.32 Å². The first kappa shape index (κ1) is 15.1. The molecule has 5 rings (SSSR count). The number of benzene rings is 1. The largest absolute Gasteiger partial charge is 0.469 e. The van der Waals surface area contributed by atoms with Gasteiger partial charge in [0.25, 0.3) is 0 Å². The number of fused-ring (bicyclic) bond motifs is 1. The Labute approximate surface area is 148 Å². The molecule has 6 nitrogen and oxygen atoms in total. The molecule has 0 spiro atoms. The Morgan fingerprint density at radius 1 is 1.19 bits per heavy atom. The third kappa shape index (κ3) is 2.28. The predicted molar refractivity (Wildman–Crippen MR) is 90.9 cm³/mol. The molecule has 3 aromatic rings. The fourth-order valence-corrected chi connectivity index (χ4v) is 3.83. The normalized spacial score (nSPS) is 22.0. The quantitative estimate of drug-likeness (QED) is 0.767. The Kier molecular flexibility index (Phi) is 3.28. The van der Waals surface area contributed by atoms with Gasteiger partial charge in [-0.1, -0.05) is 12.1 Å². The van der Waals surface area contributed by atoms with Gasteiger partial charge in [-0.15, -0.1) is 0 Å². The topological polar surface area (TPSA) is 73.0 Å². The molecule has 0 radical (unpaired) electrons. The van der Waals surface area contributed by atoms with Crippen molar-refractivity contribution in [3.05, 3.63) is 77.4 Å². The van der Waals surface area contributed by atoms with E-state index in [1.54, 1.807) is 23.1 Å². The van der Waals surface area contributed by atoms with Crippen molar-refractivity contribution in [2.75, 3.05) is 5.32 Å². The van der Waals surface area contributed by atoms with Crippen molar-refractivity contribution in [3.63, 3.8) is 0 Å². The van der Waals surface area contributed by atoms with Crippen molar-refractivity contribution in [2.24, 2.45) is 0 Å². The molecular formula is C19H15FN4O2. The van der Waals surface area contributed by atoms with Gasteiger partial charge in [0.05, 0.1) is 6.26 Å². The smallest absolute Gasteiger partial charge is 0.226 e. The average Bonchev–Trinajstić information content (AvgIpc) is 3.32. The van der Waals surface area contributed by atoms with Gasteiger partial charge in [-0.25, -0.2) is 9.07 Å². The molecule has 1 aliphatic heterocycles. The molecule has 1 aromatic carbocycles. The zero-order valence-electron chi connectivity index (χ0n) is 13.7. The summed E-state index contributed by atoms with van der Waals surface area (Å²) in [6.45, 7) is 0. The molecule has 0 saturated carbocycles. The maximum atomic E-state index is 13.4. The lowest BCUT2D eigenvalue weighted by Gasteiger charge is -2.34. The van der Waals surface area contributed by atoms with E-state index in [0.717, 1.165) is 17.0 Å². The van der Waals surface area contributed by atoms with Crippen molar-refractivity contribution in [1.29, 1.82) is 0 Å². The second kappa shape index (κ2) is 5.66. The highest BCUT2D eigenvalue weighted by atomic mass is 19.1. The molecule has 1 aliphatic carbocycles. The number of aromatic nitrogens is 3. The van der Waals surface area contributed by atoms with Crippen LogP contribution in [-0.2, 0) is 4.79 Å². The lowest BCUT2D eigenvalue weighted by molar-refractivity contribution is -0.117. The van der Waals surface area contributed by atoms with Gasteiger partial charge in [-0.3, -0.25) is 4.79 Å². The van der Waals surface area contributed by atoms with E-state index in [9.17, 15) is 9.18 Å². The van der Waals surface area contributed by atoms with Gasteiger partial charge in [0.1, 0.15) is 23.9 Å². The number of carbonyl (C=O) groups is 1. The number of Topliss-reactive ketones (excluding diaryl/α,β-unsaturated/α-hetero) is 1. The fourth-order valence-electron chi connectivity index (χ4n) is 3.83. The Bertz CT molecular complexity index is 1000. The maximum absolute atomic E-state index is 13.4. The number of hydrogen-bond acceptors (Lipinski definition) is 5. The predicted octanol–water partition coefficient (Wildman–Crippen LogP) is 3.43. The number of furan rings is 1. The molecule has 2 atom stereocenters. The highest BCUT2D eigenvalue weighted by Crippen LogP contribution is 2.43. The zero-order chi connectivity index (χ0) is 17.7. The molecule has 3 heterocycles. The van der Waals surface area contributed by atoms with Gasteiger partial charge in [-0.05, 0) is 36.2 Å². The number of halogens is 1. The number of nitrogens with one attached hydrogen (secondary N) is 1. The molecular weight excluding hydrogens is 335 g/mol. The third-order valence-electron chi connectivity index (χ3n) is 4.99. The van der Waals surface area contributed by atoms with Crippen molar-refractivity contribution >= 4 is 11.7 Å². The van der Waals surface area contributed by atoms with E-state index in [0.29, 0.717) is 24.4 Å². The molecule has 2 aliphatic rings. The lowest BCUT2D eigenvalue weighted by atomic mass is 9.79. The molecule has 0 fully saturated rings. The summed E-state index contributed by atoms with van der Waals surface area (Å²) in [5, 5.41) is 7.52. The summed E-state index contributed by atoms with van der Waals surface area (Å²) in [6, 6.07) is 9.48. The number of carbonyl (C=O) groups excluding carboxylic acids is 1. The standard InChI is InChI=1S/C19H15FN4O2/c20-13-5-3-11(4-6-13)18-17-14(23-19-21-10-22-24(18)19)8-12(9-15(17)25)16-2-1-7-26-16/h1-7,10,12,18H,8-9H2,(H,21,22,23). The summed E-state index contributed by atoms with van der Waals surface area (Å²) in [5.41, 5.74) is 2.30. The Morgan fingerprint density at radius 3 is 2.81 bits per heavy atom. The molecule has 130 valence electrons. The van der Waals surface area contributed by atoms with Crippen LogP contribution in [0.2, 0.25) is 0 Å². The van der Waals surface area contributed by atoms with E-state index < -0.39 is 6.04 Å². The fraction of sp³-hybridized carbons (Fsp3) is 0.211. The minimum atomic E-state index is -0.408. The maximum Gasteiger partial charge on any atom is 0.226 e. The number of nitrogens with zero attached hydrogens (tertiary/aromatic N) is 3. The number of hydrogen-bond donors (Lipinski definition) is 1. The molecule has 1 N–H and O–H groups in total. The van der Waals surface area contributed by atoms with E-state index in [2.05, 4.69) is 15.4 Å². The van der Waals surface area contributed by atoms with E-state index in [1.807, 2.05) is 12.1 Å². The van der Waals surface area contributed by atoms with Gasteiger partial charge in [0, 0.05) is 23.6 Å². The number of allylic oxidation sites excluding steroid dienone is 2. The van der Waals surface area contributed by atoms with E-state index >= 15 is 0 Å². The van der Waals surface area contributed by atoms with Crippen LogP contribution in [-0.4, -0.2) is 20.5 Å². The number of ketones is 1. The van der Waals surface area contributed by atoms with Gasteiger partial charge in [0.15, 0.2) is 5.78 Å². The van der Waals surface area contributed by atoms with E-state index in [1.165, 1.54) is 18.5 Å². The van der Waals surface area contributed by atoms with Crippen LogP contribution in [0.15, 0.2) is 64.7 Å². The molecule has 0 saturated heterocycles. The summed E-state index contributed by atoms with van der Waals surface area (Å²) in [5.74, 6) is 1.09. The van der Waals surface area contributed by atoms with Crippen molar-refractivity contribution in [3.8, 4) is 0 Å². The minimum absolute atomic E-state index is 0.00732. The molecule has 0 bridgehead atoms. The number of anilines is 1. The van der Waals surface area contributed by atoms with Crippen LogP contribution in [0.3, 0.4) is 0 Å². The molecule has 2 aromatic heterocycles. The monoisotopic (exact) mass is 350 g/mol. The summed E-state index contributed by atoms with van der Waals surface area (Å²) < 4.78 is 20.6. The minimum Gasteiger partial charge on any atom is -0.469 e. The number of rotatable bonds is 2. The highest BCUT2D eigenvalue weighted by Gasteiger charge is 2.39. The van der Waals surface area contributed by atoms with Crippen LogP contribution in [0.4, 0.5) is 10.3 Å². The average molecular weight is 350 g/mol. The van der Waals surface area contributed by atoms with Crippen LogP contribution >= 0.6 is 0 Å². The van der Waals surface area contributed by atoms with Crippen LogP contribution in [0.25, 0.3) is 0 Å². The Morgan fingerprint density at radius 2 is 2.04 bits per heavy atom. The molecule has 7 heteroatoms. The van der Waals surface area contributed by atoms with Gasteiger partial charge in [0.2, 0.25) is 5.95 Å². The SMILES string of the molecule is O=C1CC(c2ccco2)CC2=C1C(c1ccc(F)cc1)n1ncnc1N2. The van der Waals surface area contributed by atoms with Crippen LogP contribution in [0.1, 0.15) is 36.1 Å². The molecule has 0 amide bonds. The summed E-state index contributed by atoms with van der Waals surface area (Å²) in [4.78, 5) is 17.3. The second-order valence-corrected chi connectivity index (χ2v) is 6.54. The first-order valence-electron chi connectivity index (χ1n) is 8.42. The van der Waals surface area contributed by atoms with Crippen LogP contribution in [0, 0.1) is 5.82 Å². The van der Waals surface area contributed by atoms with Crippen molar-refractivity contribution < 1.29 is 13.6 Å². The van der Waals surface area contributed by atoms with Gasteiger partial charge < -0.3 is 9.73 Å². The van der Waals surface area contributed by atoms with Gasteiger partial charge in [-0.2, -0.15) is 10.1 Å². The lowest BCUT2D eigenvalue weighted by Crippen LogP contribution is -2.33. The van der Waals surface area contributed by atoms with Crippen LogP contribution in [0.5, 0.6) is 0 Å². The van der Waals surface area contributed by atoms with Crippen molar-refractivity contribution in [1.82, 2.24) is 14.8 Å². The molecule has 2 unspecified atom stereocenters. The summed E-state index contributed by atoms with van der Waals surface area (Å²) >= 11 is 0. The highest BCUT2D eigenvalue weighted by molar-refractivity contribution is 6.00. The first-order chi connectivity index (χ1) is 12.7. The first-order valence-corrected chi connectivity index (χ1v) is 8.42. The van der Waals surface area contributed by atoms with E-state index in [4.69, 9.17) is 4.42 Å². The summed E-state index contributed by atoms with van der Waals surface area (Å²) in [6.07, 6.45) is 4.09. The van der Waals surface area contributed by atoms with Crippen molar-refractivity contribution in [2.45, 2.75) is 24.8 Å². The third-order valence-corrected chi connectivity index (χ3v) is 4.99. The summed E-state index contributed by atoms with van der Waals surface area (Å²) in [7, 11) is 0. The molecule has 26 heavy (non-hydrogen) atoms.